The smallest absolute Gasteiger partial charge is 0.355 e. The second-order valence-corrected chi connectivity index (χ2v) is 9.44. The minimum Gasteiger partial charge on any atom is -0.497 e. The summed E-state index contributed by atoms with van der Waals surface area (Å²) in [6.45, 7) is 1.73. The Bertz CT molecular complexity index is 1130. The monoisotopic (exact) mass is 506 g/mol. The zero-order valence-corrected chi connectivity index (χ0v) is 20.0. The Morgan fingerprint density at radius 2 is 2.06 bits per heavy atom. The average molecular weight is 507 g/mol. The summed E-state index contributed by atoms with van der Waals surface area (Å²) in [5.74, 6) is -0.686. The first-order valence-corrected chi connectivity index (χ1v) is 12.0. The van der Waals surface area contributed by atoms with Gasteiger partial charge in [0.2, 0.25) is 5.91 Å². The van der Waals surface area contributed by atoms with Gasteiger partial charge in [-0.1, -0.05) is 35.5 Å². The molecule has 33 heavy (non-hydrogen) atoms. The van der Waals surface area contributed by atoms with Gasteiger partial charge >= 0.3 is 5.97 Å². The number of amides is 2. The molecule has 172 valence electrons. The average Bonchev–Trinajstić information content (AvgIpc) is 3.34. The van der Waals surface area contributed by atoms with Crippen LogP contribution in [0.15, 0.2) is 51.5 Å². The molecular weight excluding hydrogens is 488 g/mol. The number of methoxy groups -OCH3 is 1. The number of ether oxygens (including phenoxy) is 2. The van der Waals surface area contributed by atoms with E-state index in [-0.39, 0.29) is 30.5 Å². The van der Waals surface area contributed by atoms with E-state index in [2.05, 4.69) is 15.5 Å². The molecule has 1 aromatic heterocycles. The molecule has 2 aliphatic heterocycles. The Balaban J connectivity index is 1.46. The first-order valence-electron chi connectivity index (χ1n) is 9.78. The van der Waals surface area contributed by atoms with Gasteiger partial charge in [-0.05, 0) is 30.2 Å². The molecule has 9 nitrogen and oxygen atoms in total. The van der Waals surface area contributed by atoms with Crippen LogP contribution in [-0.2, 0) is 32.1 Å². The lowest BCUT2D eigenvalue weighted by molar-refractivity contribution is -0.153. The summed E-state index contributed by atoms with van der Waals surface area (Å²) in [6, 6.07) is 6.32. The lowest BCUT2D eigenvalue weighted by Gasteiger charge is -2.49. The number of carbonyl (C=O) groups excluding carboxylic acids is 3. The highest BCUT2D eigenvalue weighted by Crippen LogP contribution is 2.46. The molecule has 1 unspecified atom stereocenters. The fourth-order valence-corrected chi connectivity index (χ4v) is 5.47. The van der Waals surface area contributed by atoms with E-state index in [4.69, 9.17) is 21.1 Å². The summed E-state index contributed by atoms with van der Waals surface area (Å²) in [4.78, 5) is 40.2. The number of fused-ring (bicyclic) bond motifs is 1. The Kier molecular flexibility index (Phi) is 7.01. The van der Waals surface area contributed by atoms with Crippen LogP contribution in [0.2, 0.25) is 0 Å². The number of esters is 1. The molecule has 2 aliphatic rings. The molecule has 1 aromatic carbocycles. The number of benzene rings is 1. The van der Waals surface area contributed by atoms with Crippen molar-refractivity contribution in [2.24, 2.45) is 0 Å². The van der Waals surface area contributed by atoms with Crippen LogP contribution in [-0.4, -0.2) is 51.4 Å². The van der Waals surface area contributed by atoms with Crippen LogP contribution >= 0.6 is 34.7 Å². The predicted molar refractivity (Wildman–Crippen MR) is 123 cm³/mol. The van der Waals surface area contributed by atoms with Gasteiger partial charge in [-0.2, -0.15) is 0 Å². The minimum atomic E-state index is -0.792. The fourth-order valence-electron chi connectivity index (χ4n) is 3.40. The zero-order valence-electron chi connectivity index (χ0n) is 17.6. The molecule has 0 radical (unpaired) electrons. The summed E-state index contributed by atoms with van der Waals surface area (Å²) in [5, 5.41) is 10.3. The first-order chi connectivity index (χ1) is 15.9. The zero-order chi connectivity index (χ0) is 23.5. The van der Waals surface area contributed by atoms with Gasteiger partial charge in [-0.3, -0.25) is 14.5 Å². The summed E-state index contributed by atoms with van der Waals surface area (Å²) >= 11 is 8.54. The molecular formula is C21H19ClN4O5S2. The molecule has 2 amide bonds. The Morgan fingerprint density at radius 3 is 2.70 bits per heavy atom. The van der Waals surface area contributed by atoms with Crippen LogP contribution in [0.4, 0.5) is 0 Å². The third kappa shape index (κ3) is 4.75. The van der Waals surface area contributed by atoms with Crippen molar-refractivity contribution in [1.82, 2.24) is 20.4 Å². The molecule has 0 saturated carbocycles. The molecule has 0 bridgehead atoms. The number of hydrogen-bond donors (Lipinski definition) is 1. The third-order valence-electron chi connectivity index (χ3n) is 5.11. The van der Waals surface area contributed by atoms with Crippen LogP contribution in [0.25, 0.3) is 0 Å². The van der Waals surface area contributed by atoms with E-state index in [1.807, 2.05) is 0 Å². The van der Waals surface area contributed by atoms with E-state index in [0.29, 0.717) is 21.2 Å². The molecule has 1 fully saturated rings. The highest BCUT2D eigenvalue weighted by atomic mass is 35.5. The van der Waals surface area contributed by atoms with Crippen LogP contribution in [0.1, 0.15) is 17.5 Å². The maximum atomic E-state index is 13.0. The largest absolute Gasteiger partial charge is 0.497 e. The number of nitrogens with zero attached hydrogens (tertiary/aromatic N) is 3. The van der Waals surface area contributed by atoms with Crippen LogP contribution in [0.5, 0.6) is 5.75 Å². The number of halogens is 1. The van der Waals surface area contributed by atoms with Crippen molar-refractivity contribution in [3.8, 4) is 5.75 Å². The molecule has 0 aliphatic carbocycles. The quantitative estimate of drug-likeness (QED) is 0.450. The summed E-state index contributed by atoms with van der Waals surface area (Å²) in [6.07, 6.45) is 0.0235. The number of β-lactam (4-membered cyclic amide) rings is 1. The van der Waals surface area contributed by atoms with Gasteiger partial charge in [-0.15, -0.1) is 21.5 Å². The van der Waals surface area contributed by atoms with Crippen molar-refractivity contribution < 1.29 is 23.9 Å². The van der Waals surface area contributed by atoms with E-state index in [1.54, 1.807) is 38.3 Å². The highest BCUT2D eigenvalue weighted by Gasteiger charge is 2.55. The topological polar surface area (TPSA) is 111 Å². The minimum absolute atomic E-state index is 0.0235. The molecule has 1 saturated heterocycles. The predicted octanol–water partition coefficient (Wildman–Crippen LogP) is 2.59. The molecule has 3 heterocycles. The molecule has 2 atom stereocenters. The van der Waals surface area contributed by atoms with Gasteiger partial charge in [0.15, 0.2) is 0 Å². The van der Waals surface area contributed by atoms with Crippen molar-refractivity contribution in [2.45, 2.75) is 31.4 Å². The normalized spacial score (nSPS) is 20.9. The third-order valence-corrected chi connectivity index (χ3v) is 7.56. The van der Waals surface area contributed by atoms with Gasteiger partial charge in [0.25, 0.3) is 5.91 Å². The standard InChI is InChI=1S/C21H19ClN4O5S2/c1-11-14(8-22)33-20-17(24-15(27)7-16-25-23-10-32-16)19(28)26(20)18(11)21(29)31-9-12-3-5-13(30-2)6-4-12/h3-6,8,10,17,20H,7,9H2,1-2H3,(H,24,27)/t17?,20-/m1/s1. The molecule has 12 heteroatoms. The van der Waals surface area contributed by atoms with Gasteiger partial charge in [0.05, 0.1) is 13.5 Å². The lowest BCUT2D eigenvalue weighted by atomic mass is 10.0. The SMILES string of the molecule is COc1ccc(COC(=O)C2=C(C)C(=CCl)S[C@@H]3C(NC(=O)Cc4nncs4)C(=O)N23)cc1. The van der Waals surface area contributed by atoms with E-state index in [0.717, 1.165) is 5.56 Å². The molecule has 2 aromatic rings. The van der Waals surface area contributed by atoms with E-state index >= 15 is 0 Å². The molecule has 4 rings (SSSR count). The number of aromatic nitrogens is 2. The first kappa shape index (κ1) is 23.3. The lowest BCUT2D eigenvalue weighted by Crippen LogP contribution is -2.70. The van der Waals surface area contributed by atoms with Crippen LogP contribution in [0, 0.1) is 0 Å². The van der Waals surface area contributed by atoms with Crippen LogP contribution < -0.4 is 10.1 Å². The second-order valence-electron chi connectivity index (χ2n) is 7.14. The summed E-state index contributed by atoms with van der Waals surface area (Å²) in [5.41, 5.74) is 4.33. The Hall–Kier alpha value is -2.89. The highest BCUT2D eigenvalue weighted by molar-refractivity contribution is 8.04. The number of carbonyl (C=O) groups is 3. The van der Waals surface area contributed by atoms with Gasteiger partial charge in [-0.25, -0.2) is 4.79 Å². The van der Waals surface area contributed by atoms with Crippen molar-refractivity contribution in [3.05, 3.63) is 62.1 Å². The number of allylic oxidation sites excluding steroid dienone is 1. The Morgan fingerprint density at radius 1 is 1.30 bits per heavy atom. The molecule has 1 N–H and O–H groups in total. The fraction of sp³-hybridized carbons (Fsp3) is 0.286. The summed E-state index contributed by atoms with van der Waals surface area (Å²) < 4.78 is 10.6. The number of rotatable bonds is 7. The Labute approximate surface area is 202 Å². The van der Waals surface area contributed by atoms with Crippen molar-refractivity contribution in [1.29, 1.82) is 0 Å². The maximum absolute atomic E-state index is 13.0. The van der Waals surface area contributed by atoms with Gasteiger partial charge in [0.1, 0.15) is 40.0 Å². The summed E-state index contributed by atoms with van der Waals surface area (Å²) in [7, 11) is 1.57. The molecule has 0 spiro atoms. The second kappa shape index (κ2) is 9.94. The van der Waals surface area contributed by atoms with Gasteiger partial charge < -0.3 is 14.8 Å². The van der Waals surface area contributed by atoms with Crippen molar-refractivity contribution >= 4 is 52.5 Å². The van der Waals surface area contributed by atoms with E-state index in [1.165, 1.54) is 39.0 Å². The number of thioether (sulfide) groups is 1. The van der Waals surface area contributed by atoms with Crippen molar-refractivity contribution in [3.63, 3.8) is 0 Å². The number of hydrogen-bond acceptors (Lipinski definition) is 9. The maximum Gasteiger partial charge on any atom is 0.355 e. The van der Waals surface area contributed by atoms with Crippen molar-refractivity contribution in [2.75, 3.05) is 7.11 Å². The number of nitrogens with one attached hydrogen (secondary N) is 1. The van der Waals surface area contributed by atoms with E-state index < -0.39 is 17.4 Å². The van der Waals surface area contributed by atoms with Gasteiger partial charge in [0, 0.05) is 10.4 Å². The van der Waals surface area contributed by atoms with E-state index in [9.17, 15) is 14.4 Å². The van der Waals surface area contributed by atoms with Crippen LogP contribution in [0.3, 0.4) is 0 Å².